The summed E-state index contributed by atoms with van der Waals surface area (Å²) in [7, 11) is 0. The molecule has 0 radical (unpaired) electrons. The van der Waals surface area contributed by atoms with Crippen molar-refractivity contribution in [3.8, 4) is 11.5 Å². The lowest BCUT2D eigenvalue weighted by molar-refractivity contribution is 0.279. The molecule has 2 aromatic carbocycles. The van der Waals surface area contributed by atoms with Gasteiger partial charge in [-0.05, 0) is 54.8 Å². The van der Waals surface area contributed by atoms with Gasteiger partial charge in [0.15, 0.2) is 17.4 Å². The molecule has 0 amide bonds. The van der Waals surface area contributed by atoms with Crippen molar-refractivity contribution in [3.63, 3.8) is 0 Å². The molecule has 5 heteroatoms. The zero-order chi connectivity index (χ0) is 14.9. The normalized spacial score (nSPS) is 10.7. The van der Waals surface area contributed by atoms with Crippen LogP contribution in [-0.4, -0.2) is 5.11 Å². The molecule has 106 valence electrons. The van der Waals surface area contributed by atoms with Gasteiger partial charge in [0.1, 0.15) is 5.75 Å². The van der Waals surface area contributed by atoms with Gasteiger partial charge in [0.2, 0.25) is 0 Å². The van der Waals surface area contributed by atoms with E-state index in [1.807, 2.05) is 0 Å². The molecule has 0 aliphatic rings. The molecule has 0 aromatic heterocycles. The molecule has 0 saturated carbocycles. The van der Waals surface area contributed by atoms with Gasteiger partial charge in [-0.15, -0.1) is 0 Å². The van der Waals surface area contributed by atoms with E-state index in [0.29, 0.717) is 10.8 Å². The average molecular weight is 299 g/mol. The third kappa shape index (κ3) is 2.92. The Morgan fingerprint density at radius 1 is 1.05 bits per heavy atom. The summed E-state index contributed by atoms with van der Waals surface area (Å²) < 4.78 is 32.8. The second kappa shape index (κ2) is 5.77. The SMILES string of the molecule is Cc1cc(Oc2c(F)cc(CO)cc2F)cc(C)c1Cl. The van der Waals surface area contributed by atoms with Crippen molar-refractivity contribution in [2.75, 3.05) is 0 Å². The molecule has 0 atom stereocenters. The minimum absolute atomic E-state index is 0.149. The minimum atomic E-state index is -0.862. The molecule has 0 fully saturated rings. The van der Waals surface area contributed by atoms with E-state index in [0.717, 1.165) is 23.3 Å². The molecule has 0 aliphatic carbocycles. The minimum Gasteiger partial charge on any atom is -0.451 e. The standard InChI is InChI=1S/C15H13ClF2O2/c1-8-3-11(4-9(2)14(8)16)20-15-12(17)5-10(7-19)6-13(15)18/h3-6,19H,7H2,1-2H3. The molecule has 2 nitrogen and oxygen atoms in total. The van der Waals surface area contributed by atoms with Gasteiger partial charge in [0.25, 0.3) is 0 Å². The van der Waals surface area contributed by atoms with Gasteiger partial charge in [0, 0.05) is 5.02 Å². The van der Waals surface area contributed by atoms with E-state index in [1.165, 1.54) is 0 Å². The summed E-state index contributed by atoms with van der Waals surface area (Å²) in [6.07, 6.45) is 0. The quantitative estimate of drug-likeness (QED) is 0.903. The average Bonchev–Trinajstić information content (AvgIpc) is 2.39. The van der Waals surface area contributed by atoms with E-state index in [1.54, 1.807) is 26.0 Å². The van der Waals surface area contributed by atoms with Crippen LogP contribution < -0.4 is 4.74 Å². The van der Waals surface area contributed by atoms with Gasteiger partial charge in [-0.3, -0.25) is 0 Å². The number of benzene rings is 2. The Hall–Kier alpha value is -1.65. The number of aryl methyl sites for hydroxylation is 2. The van der Waals surface area contributed by atoms with Crippen LogP contribution >= 0.6 is 11.6 Å². The molecule has 0 spiro atoms. The molecule has 0 unspecified atom stereocenters. The number of aliphatic hydroxyl groups is 1. The lowest BCUT2D eigenvalue weighted by Gasteiger charge is -2.11. The fourth-order valence-corrected chi connectivity index (χ4v) is 1.99. The monoisotopic (exact) mass is 298 g/mol. The van der Waals surface area contributed by atoms with Crippen molar-refractivity contribution in [2.24, 2.45) is 0 Å². The summed E-state index contributed by atoms with van der Waals surface area (Å²) in [5.41, 5.74) is 1.67. The summed E-state index contributed by atoms with van der Waals surface area (Å²) >= 11 is 6.02. The van der Waals surface area contributed by atoms with Crippen LogP contribution in [0, 0.1) is 25.5 Å². The summed E-state index contributed by atoms with van der Waals surface area (Å²) in [6.45, 7) is 3.13. The maximum Gasteiger partial charge on any atom is 0.198 e. The number of hydrogen-bond acceptors (Lipinski definition) is 2. The summed E-state index contributed by atoms with van der Waals surface area (Å²) in [5, 5.41) is 9.47. The Labute approximate surface area is 120 Å². The molecule has 0 bridgehead atoms. The van der Waals surface area contributed by atoms with E-state index in [9.17, 15) is 8.78 Å². The Balaban J connectivity index is 2.40. The molecule has 20 heavy (non-hydrogen) atoms. The predicted octanol–water partition coefficient (Wildman–Crippen LogP) is 4.52. The van der Waals surface area contributed by atoms with Crippen LogP contribution in [0.2, 0.25) is 5.02 Å². The van der Waals surface area contributed by atoms with Crippen molar-refractivity contribution in [1.29, 1.82) is 0 Å². The second-order valence-electron chi connectivity index (χ2n) is 4.52. The molecular weight excluding hydrogens is 286 g/mol. The van der Waals surface area contributed by atoms with E-state index >= 15 is 0 Å². The first-order chi connectivity index (χ1) is 9.42. The van der Waals surface area contributed by atoms with E-state index < -0.39 is 24.0 Å². The van der Waals surface area contributed by atoms with Crippen molar-refractivity contribution >= 4 is 11.6 Å². The molecule has 2 rings (SSSR count). The fourth-order valence-electron chi connectivity index (χ4n) is 1.88. The first kappa shape index (κ1) is 14.8. The van der Waals surface area contributed by atoms with Gasteiger partial charge < -0.3 is 9.84 Å². The molecular formula is C15H13ClF2O2. The van der Waals surface area contributed by atoms with Crippen molar-refractivity contribution in [1.82, 2.24) is 0 Å². The van der Waals surface area contributed by atoms with Gasteiger partial charge in [-0.2, -0.15) is 0 Å². The summed E-state index contributed by atoms with van der Waals surface area (Å²) in [6, 6.07) is 5.28. The maximum absolute atomic E-state index is 13.8. The van der Waals surface area contributed by atoms with E-state index in [2.05, 4.69) is 0 Å². The summed E-state index contributed by atoms with van der Waals surface area (Å²) in [4.78, 5) is 0. The smallest absolute Gasteiger partial charge is 0.198 e. The third-order valence-corrected chi connectivity index (χ3v) is 3.47. The van der Waals surface area contributed by atoms with Gasteiger partial charge in [0.05, 0.1) is 6.61 Å². The topological polar surface area (TPSA) is 29.5 Å². The molecule has 2 aromatic rings. The van der Waals surface area contributed by atoms with Crippen LogP contribution in [0.3, 0.4) is 0 Å². The molecule has 0 heterocycles. The van der Waals surface area contributed by atoms with Gasteiger partial charge in [-0.1, -0.05) is 11.6 Å². The van der Waals surface area contributed by atoms with Gasteiger partial charge >= 0.3 is 0 Å². The van der Waals surface area contributed by atoms with Gasteiger partial charge in [-0.25, -0.2) is 8.78 Å². The largest absolute Gasteiger partial charge is 0.451 e. The zero-order valence-corrected chi connectivity index (χ0v) is 11.8. The highest BCUT2D eigenvalue weighted by Crippen LogP contribution is 2.32. The maximum atomic E-state index is 13.8. The van der Waals surface area contributed by atoms with E-state index in [4.69, 9.17) is 21.4 Å². The Kier molecular flexibility index (Phi) is 4.26. The van der Waals surface area contributed by atoms with Crippen molar-refractivity contribution in [3.05, 3.63) is 57.6 Å². The van der Waals surface area contributed by atoms with Crippen LogP contribution in [0.5, 0.6) is 11.5 Å². The first-order valence-corrected chi connectivity index (χ1v) is 6.33. The second-order valence-corrected chi connectivity index (χ2v) is 4.90. The predicted molar refractivity (Wildman–Crippen MR) is 73.3 cm³/mol. The number of halogens is 3. The van der Waals surface area contributed by atoms with Crippen LogP contribution in [0.15, 0.2) is 24.3 Å². The zero-order valence-electron chi connectivity index (χ0n) is 11.0. The Morgan fingerprint density at radius 3 is 2.00 bits per heavy atom. The number of ether oxygens (including phenoxy) is 1. The Bertz CT molecular complexity index is 610. The Morgan fingerprint density at radius 2 is 1.55 bits per heavy atom. The number of hydrogen-bond donors (Lipinski definition) is 1. The molecule has 0 saturated heterocycles. The lowest BCUT2D eigenvalue weighted by Crippen LogP contribution is -1.96. The van der Waals surface area contributed by atoms with Crippen molar-refractivity contribution in [2.45, 2.75) is 20.5 Å². The molecule has 1 N–H and O–H groups in total. The summed E-state index contributed by atoms with van der Waals surface area (Å²) in [5.74, 6) is -1.92. The lowest BCUT2D eigenvalue weighted by atomic mass is 10.1. The third-order valence-electron chi connectivity index (χ3n) is 2.87. The van der Waals surface area contributed by atoms with Crippen LogP contribution in [0.4, 0.5) is 8.78 Å². The van der Waals surface area contributed by atoms with Crippen LogP contribution in [0.25, 0.3) is 0 Å². The number of rotatable bonds is 3. The van der Waals surface area contributed by atoms with Crippen molar-refractivity contribution < 1.29 is 18.6 Å². The highest BCUT2D eigenvalue weighted by atomic mass is 35.5. The van der Waals surface area contributed by atoms with Crippen LogP contribution in [0.1, 0.15) is 16.7 Å². The molecule has 0 aliphatic heterocycles. The van der Waals surface area contributed by atoms with Crippen LogP contribution in [-0.2, 0) is 6.61 Å². The highest BCUT2D eigenvalue weighted by Gasteiger charge is 2.14. The van der Waals surface area contributed by atoms with E-state index in [-0.39, 0.29) is 5.56 Å². The first-order valence-electron chi connectivity index (χ1n) is 5.95. The highest BCUT2D eigenvalue weighted by molar-refractivity contribution is 6.32. The number of aliphatic hydroxyl groups excluding tert-OH is 1. The fraction of sp³-hybridized carbons (Fsp3) is 0.200.